The van der Waals surface area contributed by atoms with Crippen LogP contribution in [0.5, 0.6) is 0 Å². The molecule has 0 unspecified atom stereocenters. The van der Waals surface area contributed by atoms with Gasteiger partial charge < -0.3 is 5.32 Å². The number of anilines is 2. The Labute approximate surface area is 191 Å². The third-order valence-electron chi connectivity index (χ3n) is 5.45. The average molecular weight is 434 g/mol. The lowest BCUT2D eigenvalue weighted by molar-refractivity contribution is 0.104. The molecule has 0 spiro atoms. The van der Waals surface area contributed by atoms with Gasteiger partial charge in [-0.1, -0.05) is 60.7 Å². The molecule has 6 heteroatoms. The van der Waals surface area contributed by atoms with Crippen LogP contribution in [0.1, 0.15) is 21.6 Å². The highest BCUT2D eigenvalue weighted by Gasteiger charge is 2.16. The number of ketones is 1. The van der Waals surface area contributed by atoms with Crippen LogP contribution in [-0.4, -0.2) is 15.1 Å². The monoisotopic (exact) mass is 434 g/mol. The van der Waals surface area contributed by atoms with Gasteiger partial charge in [-0.3, -0.25) is 14.3 Å². The van der Waals surface area contributed by atoms with Gasteiger partial charge in [-0.05, 0) is 42.8 Å². The Morgan fingerprint density at radius 1 is 0.939 bits per heavy atom. The van der Waals surface area contributed by atoms with E-state index >= 15 is 0 Å². The largest absolute Gasteiger partial charge is 0.349 e. The Hall–Kier alpha value is -4.63. The third kappa shape index (κ3) is 4.39. The molecule has 0 radical (unpaired) electrons. The Morgan fingerprint density at radius 2 is 1.55 bits per heavy atom. The number of Topliss-reactive ketones (excluding diaryl/α,β-unsaturated/α-hetero) is 1. The van der Waals surface area contributed by atoms with Crippen molar-refractivity contribution in [2.45, 2.75) is 6.92 Å². The van der Waals surface area contributed by atoms with E-state index in [0.717, 1.165) is 17.1 Å². The molecule has 0 saturated heterocycles. The zero-order chi connectivity index (χ0) is 23.4. The maximum Gasteiger partial charge on any atom is 0.295 e. The van der Waals surface area contributed by atoms with Crippen LogP contribution in [0.2, 0.25) is 0 Å². The minimum atomic E-state index is -0.318. The number of allylic oxidation sites excluding steroid dienone is 1. The lowest BCUT2D eigenvalue weighted by Gasteiger charge is -2.07. The number of nitriles is 1. The number of hydrogen-bond donors (Lipinski definition) is 1. The van der Waals surface area contributed by atoms with E-state index in [1.807, 2.05) is 73.3 Å². The topological polar surface area (TPSA) is 79.8 Å². The molecule has 0 bridgehead atoms. The first-order valence-electron chi connectivity index (χ1n) is 10.4. The zero-order valence-corrected chi connectivity index (χ0v) is 18.3. The van der Waals surface area contributed by atoms with Gasteiger partial charge in [-0.25, -0.2) is 4.68 Å². The summed E-state index contributed by atoms with van der Waals surface area (Å²) >= 11 is 0. The van der Waals surface area contributed by atoms with Crippen molar-refractivity contribution in [3.8, 4) is 11.8 Å². The second kappa shape index (κ2) is 9.25. The van der Waals surface area contributed by atoms with E-state index in [1.165, 1.54) is 0 Å². The molecule has 162 valence electrons. The van der Waals surface area contributed by atoms with Gasteiger partial charge in [0.2, 0.25) is 5.78 Å². The molecular formula is C27H22N4O2. The molecule has 0 amide bonds. The van der Waals surface area contributed by atoms with Gasteiger partial charge in [0, 0.05) is 18.3 Å². The highest BCUT2D eigenvalue weighted by molar-refractivity contribution is 6.14. The fourth-order valence-corrected chi connectivity index (χ4v) is 3.58. The molecule has 1 aromatic heterocycles. The number of nitrogens with one attached hydrogen (secondary N) is 1. The molecule has 3 aromatic carbocycles. The van der Waals surface area contributed by atoms with Crippen LogP contribution in [0, 0.1) is 18.3 Å². The van der Waals surface area contributed by atoms with Gasteiger partial charge in [-0.2, -0.15) is 5.26 Å². The Morgan fingerprint density at radius 3 is 2.15 bits per heavy atom. The van der Waals surface area contributed by atoms with E-state index in [0.29, 0.717) is 16.8 Å². The Kier molecular flexibility index (Phi) is 6.05. The lowest BCUT2D eigenvalue weighted by Crippen LogP contribution is -2.20. The molecule has 6 nitrogen and oxygen atoms in total. The smallest absolute Gasteiger partial charge is 0.295 e. The maximum absolute atomic E-state index is 13.1. The molecule has 0 aliphatic heterocycles. The van der Waals surface area contributed by atoms with E-state index in [-0.39, 0.29) is 16.9 Å². The maximum atomic E-state index is 13.1. The quantitative estimate of drug-likeness (QED) is 0.263. The molecule has 4 rings (SSSR count). The summed E-state index contributed by atoms with van der Waals surface area (Å²) in [5.74, 6) is -0.318. The lowest BCUT2D eigenvalue weighted by atomic mass is 10.0. The van der Waals surface area contributed by atoms with Gasteiger partial charge in [0.05, 0.1) is 11.4 Å². The summed E-state index contributed by atoms with van der Waals surface area (Å²) < 4.78 is 3.43. The summed E-state index contributed by atoms with van der Waals surface area (Å²) in [7, 11) is 1.84. The van der Waals surface area contributed by atoms with Gasteiger partial charge in [0.1, 0.15) is 17.3 Å². The van der Waals surface area contributed by atoms with Crippen molar-refractivity contribution in [1.82, 2.24) is 9.36 Å². The van der Waals surface area contributed by atoms with E-state index in [9.17, 15) is 14.9 Å². The first kappa shape index (κ1) is 21.6. The second-order valence-electron chi connectivity index (χ2n) is 7.55. The van der Waals surface area contributed by atoms with Gasteiger partial charge in [0.15, 0.2) is 0 Å². The van der Waals surface area contributed by atoms with Crippen molar-refractivity contribution >= 4 is 23.2 Å². The van der Waals surface area contributed by atoms with Gasteiger partial charge in [-0.15, -0.1) is 0 Å². The summed E-state index contributed by atoms with van der Waals surface area (Å²) in [5.41, 5.74) is 3.90. The average Bonchev–Trinajstić information content (AvgIpc) is 3.07. The highest BCUT2D eigenvalue weighted by Crippen LogP contribution is 2.21. The van der Waals surface area contributed by atoms with Crippen LogP contribution in [0.3, 0.4) is 0 Å². The van der Waals surface area contributed by atoms with Crippen molar-refractivity contribution < 1.29 is 4.79 Å². The van der Waals surface area contributed by atoms with Crippen molar-refractivity contribution in [3.63, 3.8) is 0 Å². The summed E-state index contributed by atoms with van der Waals surface area (Å²) in [6, 6.07) is 27.4. The minimum absolute atomic E-state index is 0.0616. The van der Waals surface area contributed by atoms with Crippen molar-refractivity contribution in [3.05, 3.63) is 118 Å². The van der Waals surface area contributed by atoms with Gasteiger partial charge >= 0.3 is 0 Å². The second-order valence-corrected chi connectivity index (χ2v) is 7.55. The van der Waals surface area contributed by atoms with Crippen molar-refractivity contribution in [2.24, 2.45) is 7.05 Å². The molecule has 33 heavy (non-hydrogen) atoms. The normalized spacial score (nSPS) is 11.1. The third-order valence-corrected chi connectivity index (χ3v) is 5.45. The molecular weight excluding hydrogens is 412 g/mol. The molecule has 0 aliphatic rings. The number of para-hydroxylation sites is 1. The Balaban J connectivity index is 1.59. The van der Waals surface area contributed by atoms with Crippen LogP contribution in [0.25, 0.3) is 11.8 Å². The summed E-state index contributed by atoms with van der Waals surface area (Å²) in [6.45, 7) is 1.88. The molecule has 1 N–H and O–H groups in total. The molecule has 0 aliphatic carbocycles. The number of hydrogen-bond acceptors (Lipinski definition) is 4. The number of benzene rings is 3. The van der Waals surface area contributed by atoms with E-state index in [1.54, 1.807) is 47.2 Å². The number of carbonyl (C=O) groups excluding carboxylic acids is 1. The van der Waals surface area contributed by atoms with Crippen LogP contribution in [-0.2, 0) is 7.05 Å². The minimum Gasteiger partial charge on any atom is -0.349 e. The molecule has 4 aromatic rings. The number of nitrogens with zero attached hydrogens (tertiary/aromatic N) is 3. The first-order chi connectivity index (χ1) is 16.0. The van der Waals surface area contributed by atoms with E-state index < -0.39 is 0 Å². The van der Waals surface area contributed by atoms with Crippen LogP contribution in [0.15, 0.2) is 95.3 Å². The predicted molar refractivity (Wildman–Crippen MR) is 130 cm³/mol. The fourth-order valence-electron chi connectivity index (χ4n) is 3.58. The SMILES string of the molecule is Cc1c(Nc2ccc(/C=C(\C#N)C(=O)c3ccccc3)cc2)c(=O)n(-c2ccccc2)n1C. The predicted octanol–water partition coefficient (Wildman–Crippen LogP) is 5.02. The number of carbonyl (C=O) groups is 1. The number of rotatable bonds is 6. The summed E-state index contributed by atoms with van der Waals surface area (Å²) in [4.78, 5) is 25.6. The van der Waals surface area contributed by atoms with Crippen LogP contribution in [0.4, 0.5) is 11.4 Å². The van der Waals surface area contributed by atoms with E-state index in [2.05, 4.69) is 5.32 Å². The van der Waals surface area contributed by atoms with Crippen molar-refractivity contribution in [1.29, 1.82) is 5.26 Å². The molecule has 1 heterocycles. The molecule has 0 atom stereocenters. The van der Waals surface area contributed by atoms with Gasteiger partial charge in [0.25, 0.3) is 5.56 Å². The summed E-state index contributed by atoms with van der Waals surface area (Å²) in [6.07, 6.45) is 1.56. The molecule has 0 saturated carbocycles. The fraction of sp³-hybridized carbons (Fsp3) is 0.0741. The van der Waals surface area contributed by atoms with Crippen molar-refractivity contribution in [2.75, 3.05) is 5.32 Å². The van der Waals surface area contributed by atoms with E-state index in [4.69, 9.17) is 0 Å². The van der Waals surface area contributed by atoms with Crippen LogP contribution >= 0.6 is 0 Å². The highest BCUT2D eigenvalue weighted by atomic mass is 16.1. The first-order valence-corrected chi connectivity index (χ1v) is 10.4. The standard InChI is InChI=1S/C27H22N4O2/c1-19-25(27(33)31(30(19)2)24-11-7-4-8-12-24)29-23-15-13-20(14-16-23)17-22(18-28)26(32)21-9-5-3-6-10-21/h3-17,29H,1-2H3/b22-17+. The zero-order valence-electron chi connectivity index (χ0n) is 18.3. The summed E-state index contributed by atoms with van der Waals surface area (Å²) in [5, 5.41) is 12.7. The number of aromatic nitrogens is 2. The Bertz CT molecular complexity index is 1420. The molecule has 0 fully saturated rings. The van der Waals surface area contributed by atoms with Crippen LogP contribution < -0.4 is 10.9 Å².